The minimum Gasteiger partial charge on any atom is -0.396 e. The zero-order chi connectivity index (χ0) is 13.8. The highest BCUT2D eigenvalue weighted by Crippen LogP contribution is 2.30. The maximum atomic E-state index is 12.5. The number of aliphatic hydroxyl groups excluding tert-OH is 1. The summed E-state index contributed by atoms with van der Waals surface area (Å²) in [5, 5.41) is 16.0. The summed E-state index contributed by atoms with van der Waals surface area (Å²) in [6.07, 6.45) is -4.10. The Labute approximate surface area is 106 Å². The van der Waals surface area contributed by atoms with Crippen molar-refractivity contribution >= 4 is 17.6 Å². The van der Waals surface area contributed by atoms with Crippen molar-refractivity contribution in [2.75, 3.05) is 12.4 Å². The standard InChI is InChI=1S/C10H12F3N3OS/c11-10(12,13)7-3-2-6(8(14)15)9(16-7)18-5-1-4-17/h2-3,17H,1,4-5H2,(H3,14,15). The third kappa shape index (κ3) is 3.88. The van der Waals surface area contributed by atoms with Crippen molar-refractivity contribution in [1.29, 1.82) is 5.41 Å². The number of rotatable bonds is 5. The minimum atomic E-state index is -4.53. The molecule has 0 spiro atoms. The number of pyridine rings is 1. The zero-order valence-electron chi connectivity index (χ0n) is 9.29. The van der Waals surface area contributed by atoms with Gasteiger partial charge in [-0.25, -0.2) is 4.98 Å². The first kappa shape index (κ1) is 14.8. The van der Waals surface area contributed by atoms with Crippen LogP contribution in [-0.4, -0.2) is 28.3 Å². The molecule has 1 heterocycles. The summed E-state index contributed by atoms with van der Waals surface area (Å²) in [4.78, 5) is 3.47. The summed E-state index contributed by atoms with van der Waals surface area (Å²) in [6, 6.07) is 1.94. The molecule has 18 heavy (non-hydrogen) atoms. The van der Waals surface area contributed by atoms with Crippen molar-refractivity contribution in [3.8, 4) is 0 Å². The van der Waals surface area contributed by atoms with Gasteiger partial charge in [-0.2, -0.15) is 13.2 Å². The van der Waals surface area contributed by atoms with Crippen LogP contribution in [0.3, 0.4) is 0 Å². The van der Waals surface area contributed by atoms with Crippen molar-refractivity contribution in [2.24, 2.45) is 5.73 Å². The number of alkyl halides is 3. The van der Waals surface area contributed by atoms with Crippen LogP contribution in [0.2, 0.25) is 0 Å². The fraction of sp³-hybridized carbons (Fsp3) is 0.400. The Kier molecular flexibility index (Phi) is 4.97. The van der Waals surface area contributed by atoms with Gasteiger partial charge in [0.05, 0.1) is 0 Å². The Hall–Kier alpha value is -1.28. The Morgan fingerprint density at radius 2 is 2.11 bits per heavy atom. The second-order valence-corrected chi connectivity index (χ2v) is 4.47. The number of hydrogen-bond acceptors (Lipinski definition) is 4. The molecule has 0 aliphatic rings. The van der Waals surface area contributed by atoms with E-state index in [1.807, 2.05) is 0 Å². The molecule has 0 aromatic carbocycles. The quantitative estimate of drug-likeness (QED) is 0.332. The summed E-state index contributed by atoms with van der Waals surface area (Å²) in [6.45, 7) is -0.0542. The molecule has 0 saturated carbocycles. The monoisotopic (exact) mass is 279 g/mol. The number of nitrogens with two attached hydrogens (primary N) is 1. The van der Waals surface area contributed by atoms with Crippen LogP contribution in [0.25, 0.3) is 0 Å². The third-order valence-corrected chi connectivity index (χ3v) is 3.06. The summed E-state index contributed by atoms with van der Waals surface area (Å²) >= 11 is 1.04. The molecule has 1 rings (SSSR count). The van der Waals surface area contributed by atoms with Gasteiger partial charge in [0.15, 0.2) is 0 Å². The van der Waals surface area contributed by atoms with E-state index in [0.29, 0.717) is 12.2 Å². The van der Waals surface area contributed by atoms with Crippen molar-refractivity contribution in [1.82, 2.24) is 4.98 Å². The van der Waals surface area contributed by atoms with Gasteiger partial charge in [-0.1, -0.05) is 0 Å². The second-order valence-electron chi connectivity index (χ2n) is 3.39. The van der Waals surface area contributed by atoms with Gasteiger partial charge in [-0.3, -0.25) is 5.41 Å². The van der Waals surface area contributed by atoms with Gasteiger partial charge < -0.3 is 10.8 Å². The average molecular weight is 279 g/mol. The van der Waals surface area contributed by atoms with E-state index in [0.717, 1.165) is 23.9 Å². The molecule has 0 radical (unpaired) electrons. The van der Waals surface area contributed by atoms with Crippen LogP contribution < -0.4 is 5.73 Å². The van der Waals surface area contributed by atoms with Gasteiger partial charge in [0, 0.05) is 17.9 Å². The summed E-state index contributed by atoms with van der Waals surface area (Å²) in [5.41, 5.74) is 4.43. The minimum absolute atomic E-state index is 0.0542. The Morgan fingerprint density at radius 3 is 2.61 bits per heavy atom. The normalized spacial score (nSPS) is 11.6. The molecule has 100 valence electrons. The van der Waals surface area contributed by atoms with E-state index < -0.39 is 11.9 Å². The van der Waals surface area contributed by atoms with Gasteiger partial charge in [0.25, 0.3) is 0 Å². The summed E-state index contributed by atoms with van der Waals surface area (Å²) in [5.74, 6) is 0.0770. The van der Waals surface area contributed by atoms with Gasteiger partial charge in [0.1, 0.15) is 16.6 Å². The molecule has 0 unspecified atom stereocenters. The zero-order valence-corrected chi connectivity index (χ0v) is 10.1. The van der Waals surface area contributed by atoms with Crippen molar-refractivity contribution in [3.63, 3.8) is 0 Å². The number of nitrogens with one attached hydrogen (secondary N) is 1. The second kappa shape index (κ2) is 6.05. The predicted octanol–water partition coefficient (Wildman–Crippen LogP) is 1.86. The average Bonchev–Trinajstić information content (AvgIpc) is 2.27. The smallest absolute Gasteiger partial charge is 0.396 e. The number of hydrogen-bond donors (Lipinski definition) is 3. The molecule has 0 fully saturated rings. The maximum Gasteiger partial charge on any atom is 0.433 e. The molecule has 0 aliphatic heterocycles. The number of amidine groups is 1. The lowest BCUT2D eigenvalue weighted by atomic mass is 10.2. The van der Waals surface area contributed by atoms with Gasteiger partial charge in [0.2, 0.25) is 0 Å². The van der Waals surface area contributed by atoms with Crippen LogP contribution in [0.15, 0.2) is 17.2 Å². The van der Waals surface area contributed by atoms with Gasteiger partial charge in [-0.15, -0.1) is 11.8 Å². The van der Waals surface area contributed by atoms with Crippen LogP contribution >= 0.6 is 11.8 Å². The molecule has 4 nitrogen and oxygen atoms in total. The molecular weight excluding hydrogens is 267 g/mol. The summed E-state index contributed by atoms with van der Waals surface area (Å²) < 4.78 is 37.5. The van der Waals surface area contributed by atoms with E-state index in [4.69, 9.17) is 16.2 Å². The van der Waals surface area contributed by atoms with Crippen molar-refractivity contribution in [2.45, 2.75) is 17.6 Å². The molecule has 0 bridgehead atoms. The molecule has 0 aliphatic carbocycles. The number of nitrogens with zero attached hydrogens (tertiary/aromatic N) is 1. The van der Waals surface area contributed by atoms with Gasteiger partial charge >= 0.3 is 6.18 Å². The van der Waals surface area contributed by atoms with Gasteiger partial charge in [-0.05, 0) is 18.6 Å². The number of aromatic nitrogens is 1. The van der Waals surface area contributed by atoms with E-state index in [2.05, 4.69) is 4.98 Å². The van der Waals surface area contributed by atoms with E-state index in [1.165, 1.54) is 0 Å². The van der Waals surface area contributed by atoms with Crippen LogP contribution in [0, 0.1) is 5.41 Å². The van der Waals surface area contributed by atoms with Crippen LogP contribution in [-0.2, 0) is 6.18 Å². The van der Waals surface area contributed by atoms with Crippen molar-refractivity contribution in [3.05, 3.63) is 23.4 Å². The molecule has 4 N–H and O–H groups in total. The Bertz CT molecular complexity index is 437. The first-order valence-corrected chi connectivity index (χ1v) is 6.01. The Balaban J connectivity index is 3.04. The lowest BCUT2D eigenvalue weighted by Crippen LogP contribution is -2.16. The molecular formula is C10H12F3N3OS. The Morgan fingerprint density at radius 1 is 1.44 bits per heavy atom. The molecule has 1 aromatic rings. The number of nitrogen functional groups attached to an aromatic ring is 1. The fourth-order valence-corrected chi connectivity index (χ4v) is 2.11. The molecule has 0 saturated heterocycles. The van der Waals surface area contributed by atoms with E-state index in [1.54, 1.807) is 0 Å². The highest BCUT2D eigenvalue weighted by Gasteiger charge is 2.33. The van der Waals surface area contributed by atoms with Crippen LogP contribution in [0.1, 0.15) is 17.7 Å². The molecule has 8 heteroatoms. The molecule has 1 aromatic heterocycles. The number of thioether (sulfide) groups is 1. The SMILES string of the molecule is N=C(N)c1ccc(C(F)(F)F)nc1SCCCO. The highest BCUT2D eigenvalue weighted by molar-refractivity contribution is 7.99. The van der Waals surface area contributed by atoms with Crippen LogP contribution in [0.4, 0.5) is 13.2 Å². The number of aliphatic hydroxyl groups is 1. The molecule has 0 atom stereocenters. The largest absolute Gasteiger partial charge is 0.433 e. The topological polar surface area (TPSA) is 83.0 Å². The lowest BCUT2D eigenvalue weighted by Gasteiger charge is -2.11. The first-order chi connectivity index (χ1) is 8.36. The highest BCUT2D eigenvalue weighted by atomic mass is 32.2. The third-order valence-electron chi connectivity index (χ3n) is 1.98. The fourth-order valence-electron chi connectivity index (χ4n) is 1.15. The van der Waals surface area contributed by atoms with Crippen molar-refractivity contribution < 1.29 is 18.3 Å². The number of halogens is 3. The first-order valence-electron chi connectivity index (χ1n) is 5.02. The maximum absolute atomic E-state index is 12.5. The lowest BCUT2D eigenvalue weighted by molar-refractivity contribution is -0.141. The molecule has 0 amide bonds. The van der Waals surface area contributed by atoms with E-state index in [9.17, 15) is 13.2 Å². The van der Waals surface area contributed by atoms with E-state index in [-0.39, 0.29) is 23.0 Å². The predicted molar refractivity (Wildman–Crippen MR) is 62.7 cm³/mol. The van der Waals surface area contributed by atoms with Crippen LogP contribution in [0.5, 0.6) is 0 Å². The van der Waals surface area contributed by atoms with E-state index >= 15 is 0 Å². The summed E-state index contributed by atoms with van der Waals surface area (Å²) in [7, 11) is 0.